The third-order valence-corrected chi connectivity index (χ3v) is 4.07. The van der Waals surface area contributed by atoms with Gasteiger partial charge in [-0.25, -0.2) is 4.79 Å². The molecule has 1 aromatic rings. The molecular formula is C15H19NO2S. The molecule has 1 aliphatic carbocycles. The summed E-state index contributed by atoms with van der Waals surface area (Å²) in [5.74, 6) is 0.390. The Balaban J connectivity index is 2.39. The number of esters is 1. The lowest BCUT2D eigenvalue weighted by molar-refractivity contribution is 0.0600. The first-order chi connectivity index (χ1) is 9.02. The summed E-state index contributed by atoms with van der Waals surface area (Å²) < 4.78 is 4.78. The summed E-state index contributed by atoms with van der Waals surface area (Å²) in [4.78, 5) is 12.1. The highest BCUT2D eigenvalue weighted by Gasteiger charge is 2.21. The van der Waals surface area contributed by atoms with Gasteiger partial charge in [0.05, 0.1) is 12.7 Å². The molecule has 0 amide bonds. The number of aryl methyl sites for hydroxylation is 1. The van der Waals surface area contributed by atoms with Crippen molar-refractivity contribution in [3.8, 4) is 0 Å². The van der Waals surface area contributed by atoms with Crippen LogP contribution in [0.15, 0.2) is 12.1 Å². The number of rotatable bonds is 4. The smallest absolute Gasteiger partial charge is 0.338 e. The average molecular weight is 277 g/mol. The van der Waals surface area contributed by atoms with Crippen LogP contribution in [0.5, 0.6) is 0 Å². The van der Waals surface area contributed by atoms with Crippen LogP contribution in [-0.2, 0) is 11.2 Å². The van der Waals surface area contributed by atoms with Crippen LogP contribution < -0.4 is 5.73 Å². The van der Waals surface area contributed by atoms with Crippen molar-refractivity contribution in [3.05, 3.63) is 34.4 Å². The molecule has 1 aliphatic rings. The summed E-state index contributed by atoms with van der Waals surface area (Å²) in [5, 5.41) is 0. The summed E-state index contributed by atoms with van der Waals surface area (Å²) in [6.07, 6.45) is 4.85. The topological polar surface area (TPSA) is 52.3 Å². The number of carbonyl (C=O) groups excluding carboxylic acids is 1. The van der Waals surface area contributed by atoms with Crippen molar-refractivity contribution in [1.29, 1.82) is 0 Å². The first-order valence-corrected chi connectivity index (χ1v) is 6.95. The maximum atomic E-state index is 11.7. The number of methoxy groups -OCH3 is 1. The van der Waals surface area contributed by atoms with E-state index in [9.17, 15) is 4.79 Å². The lowest BCUT2D eigenvalue weighted by Crippen LogP contribution is -2.19. The molecule has 102 valence electrons. The zero-order valence-electron chi connectivity index (χ0n) is 11.4. The third-order valence-electron chi connectivity index (χ3n) is 3.85. The van der Waals surface area contributed by atoms with Crippen molar-refractivity contribution in [3.63, 3.8) is 0 Å². The molecule has 0 radical (unpaired) electrons. The van der Waals surface area contributed by atoms with Gasteiger partial charge in [0, 0.05) is 5.56 Å². The van der Waals surface area contributed by atoms with E-state index in [1.807, 2.05) is 13.0 Å². The third kappa shape index (κ3) is 2.95. The molecule has 2 rings (SSSR count). The lowest BCUT2D eigenvalue weighted by Gasteiger charge is -2.26. The minimum atomic E-state index is -0.342. The molecule has 0 aliphatic heterocycles. The second kappa shape index (κ2) is 5.70. The van der Waals surface area contributed by atoms with Gasteiger partial charge < -0.3 is 10.5 Å². The van der Waals surface area contributed by atoms with Gasteiger partial charge in [0.2, 0.25) is 0 Å². The number of carbonyl (C=O) groups is 1. The number of thiocarbonyl (C=S) groups is 1. The number of benzene rings is 1. The minimum Gasteiger partial charge on any atom is -0.465 e. The van der Waals surface area contributed by atoms with E-state index in [0.717, 1.165) is 29.0 Å². The SMILES string of the molecule is COC(=O)c1cc(C(N)=S)c(CC2CCC2)cc1C. The van der Waals surface area contributed by atoms with Crippen molar-refractivity contribution in [1.82, 2.24) is 0 Å². The zero-order valence-corrected chi connectivity index (χ0v) is 12.2. The van der Waals surface area contributed by atoms with E-state index < -0.39 is 0 Å². The van der Waals surface area contributed by atoms with E-state index in [0.29, 0.717) is 10.6 Å². The van der Waals surface area contributed by atoms with Crippen LogP contribution in [0.25, 0.3) is 0 Å². The molecular weight excluding hydrogens is 258 g/mol. The minimum absolute atomic E-state index is 0.342. The zero-order chi connectivity index (χ0) is 14.0. The van der Waals surface area contributed by atoms with Gasteiger partial charge in [-0.15, -0.1) is 0 Å². The highest BCUT2D eigenvalue weighted by Crippen LogP contribution is 2.31. The maximum Gasteiger partial charge on any atom is 0.338 e. The van der Waals surface area contributed by atoms with E-state index in [1.54, 1.807) is 6.07 Å². The predicted octanol–water partition coefficient (Wildman–Crippen LogP) is 2.76. The summed E-state index contributed by atoms with van der Waals surface area (Å²) in [6, 6.07) is 3.80. The van der Waals surface area contributed by atoms with Gasteiger partial charge in [-0.05, 0) is 36.5 Å². The second-order valence-corrected chi connectivity index (χ2v) is 5.62. The monoisotopic (exact) mass is 277 g/mol. The summed E-state index contributed by atoms with van der Waals surface area (Å²) in [7, 11) is 1.38. The van der Waals surface area contributed by atoms with E-state index >= 15 is 0 Å². The van der Waals surface area contributed by atoms with Crippen LogP contribution >= 0.6 is 12.2 Å². The fourth-order valence-corrected chi connectivity index (χ4v) is 2.69. The van der Waals surface area contributed by atoms with Crippen LogP contribution in [0.2, 0.25) is 0 Å². The van der Waals surface area contributed by atoms with Gasteiger partial charge in [-0.1, -0.05) is 37.5 Å². The highest BCUT2D eigenvalue weighted by atomic mass is 32.1. The van der Waals surface area contributed by atoms with E-state index in [-0.39, 0.29) is 5.97 Å². The maximum absolute atomic E-state index is 11.7. The fourth-order valence-electron chi connectivity index (χ4n) is 2.50. The Labute approximate surface area is 119 Å². The first kappa shape index (κ1) is 14.0. The number of ether oxygens (including phenoxy) is 1. The van der Waals surface area contributed by atoms with Crippen molar-refractivity contribution in [2.24, 2.45) is 11.7 Å². The van der Waals surface area contributed by atoms with Gasteiger partial charge >= 0.3 is 5.97 Å². The van der Waals surface area contributed by atoms with Crippen molar-refractivity contribution < 1.29 is 9.53 Å². The molecule has 0 spiro atoms. The summed E-state index contributed by atoms with van der Waals surface area (Å²) in [6.45, 7) is 1.92. The second-order valence-electron chi connectivity index (χ2n) is 5.18. The lowest BCUT2D eigenvalue weighted by atomic mass is 9.79. The molecule has 0 atom stereocenters. The Morgan fingerprint density at radius 1 is 1.42 bits per heavy atom. The highest BCUT2D eigenvalue weighted by molar-refractivity contribution is 7.80. The molecule has 2 N–H and O–H groups in total. The van der Waals surface area contributed by atoms with Crippen LogP contribution in [0, 0.1) is 12.8 Å². The van der Waals surface area contributed by atoms with Gasteiger partial charge in [-0.3, -0.25) is 0 Å². The molecule has 4 heteroatoms. The largest absolute Gasteiger partial charge is 0.465 e. The van der Waals surface area contributed by atoms with Crippen molar-refractivity contribution in [2.75, 3.05) is 7.11 Å². The molecule has 0 bridgehead atoms. The molecule has 0 unspecified atom stereocenters. The van der Waals surface area contributed by atoms with Gasteiger partial charge in [0.15, 0.2) is 0 Å². The Morgan fingerprint density at radius 2 is 2.11 bits per heavy atom. The van der Waals surface area contributed by atoms with Gasteiger partial charge in [0.25, 0.3) is 0 Å². The molecule has 0 heterocycles. The predicted molar refractivity (Wildman–Crippen MR) is 79.5 cm³/mol. The van der Waals surface area contributed by atoms with E-state index in [4.69, 9.17) is 22.7 Å². The van der Waals surface area contributed by atoms with Crippen molar-refractivity contribution in [2.45, 2.75) is 32.6 Å². The van der Waals surface area contributed by atoms with Crippen LogP contribution in [-0.4, -0.2) is 18.1 Å². The van der Waals surface area contributed by atoms with E-state index in [2.05, 4.69) is 0 Å². The standard InChI is InChI=1S/C15H19NO2S/c1-9-6-11(7-10-4-3-5-10)13(14(16)19)8-12(9)15(17)18-2/h6,8,10H,3-5,7H2,1-2H3,(H2,16,19). The molecule has 1 saturated carbocycles. The molecule has 1 aromatic carbocycles. The molecule has 0 saturated heterocycles. The normalized spacial score (nSPS) is 14.8. The van der Waals surface area contributed by atoms with E-state index in [1.165, 1.54) is 26.4 Å². The van der Waals surface area contributed by atoms with Crippen LogP contribution in [0.3, 0.4) is 0 Å². The summed E-state index contributed by atoms with van der Waals surface area (Å²) >= 11 is 5.11. The molecule has 1 fully saturated rings. The Kier molecular flexibility index (Phi) is 4.20. The molecule has 0 aromatic heterocycles. The van der Waals surface area contributed by atoms with Crippen molar-refractivity contribution >= 4 is 23.2 Å². The number of hydrogen-bond donors (Lipinski definition) is 1. The molecule has 19 heavy (non-hydrogen) atoms. The Bertz CT molecular complexity index is 521. The summed E-state index contributed by atoms with van der Waals surface area (Å²) in [5.41, 5.74) is 9.22. The Morgan fingerprint density at radius 3 is 2.58 bits per heavy atom. The Hall–Kier alpha value is -1.42. The number of nitrogens with two attached hydrogens (primary N) is 1. The van der Waals surface area contributed by atoms with Gasteiger partial charge in [-0.2, -0.15) is 0 Å². The quantitative estimate of drug-likeness (QED) is 0.679. The van der Waals surface area contributed by atoms with Gasteiger partial charge in [0.1, 0.15) is 4.99 Å². The molecule has 3 nitrogen and oxygen atoms in total. The van der Waals surface area contributed by atoms with Crippen LogP contribution in [0.4, 0.5) is 0 Å². The number of hydrogen-bond acceptors (Lipinski definition) is 3. The average Bonchev–Trinajstić information content (AvgIpc) is 2.32. The fraction of sp³-hybridized carbons (Fsp3) is 0.467. The van der Waals surface area contributed by atoms with Crippen LogP contribution in [0.1, 0.15) is 46.3 Å². The first-order valence-electron chi connectivity index (χ1n) is 6.54.